The minimum absolute atomic E-state index is 1.04. The van der Waals surface area contributed by atoms with Gasteiger partial charge >= 0.3 is 0 Å². The Morgan fingerprint density at radius 3 is 2.36 bits per heavy atom. The second-order valence-electron chi connectivity index (χ2n) is 3.16. The molecule has 0 aliphatic carbocycles. The summed E-state index contributed by atoms with van der Waals surface area (Å²) in [5, 5.41) is 2.14. The predicted octanol–water partition coefficient (Wildman–Crippen LogP) is 3.66. The van der Waals surface area contributed by atoms with E-state index in [-0.39, 0.29) is 0 Å². The molecule has 1 nitrogen and oxygen atoms in total. The van der Waals surface area contributed by atoms with Crippen LogP contribution in [0.25, 0.3) is 0 Å². The molecule has 72 valence electrons. The summed E-state index contributed by atoms with van der Waals surface area (Å²) in [7, 11) is 0. The molecule has 0 N–H and O–H groups in total. The molecule has 1 aromatic heterocycles. The SMILES string of the molecule is Cc1ccc(N=c2scc(C)s2)cc1. The standard InChI is InChI=1S/C11H11NS2/c1-8-3-5-10(6-4-8)12-11-13-7-9(2)14-11/h3-7H,1-2H3. The third-order valence-corrected chi connectivity index (χ3v) is 3.99. The van der Waals surface area contributed by atoms with Crippen molar-refractivity contribution < 1.29 is 0 Å². The normalized spacial score (nSPS) is 12.0. The Kier molecular flexibility index (Phi) is 2.79. The van der Waals surface area contributed by atoms with Gasteiger partial charge in [0, 0.05) is 10.3 Å². The van der Waals surface area contributed by atoms with E-state index < -0.39 is 0 Å². The lowest BCUT2D eigenvalue weighted by molar-refractivity contribution is 1.40. The third kappa shape index (κ3) is 2.30. The Balaban J connectivity index is 2.38. The topological polar surface area (TPSA) is 12.4 Å². The van der Waals surface area contributed by atoms with E-state index in [1.807, 2.05) is 0 Å². The van der Waals surface area contributed by atoms with Gasteiger partial charge in [0.1, 0.15) is 0 Å². The molecule has 14 heavy (non-hydrogen) atoms. The smallest absolute Gasteiger partial charge is 0.171 e. The first-order valence-electron chi connectivity index (χ1n) is 4.41. The summed E-state index contributed by atoms with van der Waals surface area (Å²) < 4.78 is 1.12. The molecule has 3 heteroatoms. The summed E-state index contributed by atoms with van der Waals surface area (Å²) in [6.07, 6.45) is 0. The molecule has 1 heterocycles. The van der Waals surface area contributed by atoms with Crippen molar-refractivity contribution in [2.75, 3.05) is 0 Å². The molecule has 0 aliphatic heterocycles. The molecule has 0 spiro atoms. The van der Waals surface area contributed by atoms with Crippen LogP contribution in [-0.4, -0.2) is 0 Å². The average Bonchev–Trinajstić information content (AvgIpc) is 2.56. The van der Waals surface area contributed by atoms with E-state index in [2.05, 4.69) is 48.5 Å². The van der Waals surface area contributed by atoms with E-state index in [1.165, 1.54) is 10.4 Å². The monoisotopic (exact) mass is 221 g/mol. The molecule has 0 atom stereocenters. The van der Waals surface area contributed by atoms with Gasteiger partial charge in [0.05, 0.1) is 5.69 Å². The van der Waals surface area contributed by atoms with Gasteiger partial charge in [0.15, 0.2) is 3.98 Å². The van der Waals surface area contributed by atoms with Crippen LogP contribution in [0.3, 0.4) is 0 Å². The summed E-state index contributed by atoms with van der Waals surface area (Å²) in [6.45, 7) is 4.19. The zero-order chi connectivity index (χ0) is 9.97. The Bertz CT molecular complexity index is 476. The van der Waals surface area contributed by atoms with Crippen LogP contribution in [-0.2, 0) is 0 Å². The van der Waals surface area contributed by atoms with Crippen LogP contribution in [0.15, 0.2) is 34.6 Å². The van der Waals surface area contributed by atoms with E-state index >= 15 is 0 Å². The first-order valence-corrected chi connectivity index (χ1v) is 6.10. The molecular weight excluding hydrogens is 210 g/mol. The Morgan fingerprint density at radius 2 is 1.79 bits per heavy atom. The van der Waals surface area contributed by atoms with E-state index in [0.29, 0.717) is 0 Å². The first kappa shape index (κ1) is 9.62. The van der Waals surface area contributed by atoms with Gasteiger partial charge in [0.2, 0.25) is 0 Å². The zero-order valence-corrected chi connectivity index (χ0v) is 9.78. The van der Waals surface area contributed by atoms with Crippen molar-refractivity contribution in [1.29, 1.82) is 0 Å². The maximum absolute atomic E-state index is 4.54. The third-order valence-electron chi connectivity index (χ3n) is 1.83. The van der Waals surface area contributed by atoms with Gasteiger partial charge in [-0.15, -0.1) is 22.7 Å². The molecule has 2 rings (SSSR count). The number of nitrogens with zero attached hydrogens (tertiary/aromatic N) is 1. The molecule has 0 saturated carbocycles. The average molecular weight is 221 g/mol. The largest absolute Gasteiger partial charge is 0.228 e. The Morgan fingerprint density at radius 1 is 1.07 bits per heavy atom. The van der Waals surface area contributed by atoms with Gasteiger partial charge < -0.3 is 0 Å². The van der Waals surface area contributed by atoms with Crippen molar-refractivity contribution in [3.63, 3.8) is 0 Å². The summed E-state index contributed by atoms with van der Waals surface area (Å²) in [5.74, 6) is 0. The Labute approximate surface area is 91.4 Å². The highest BCUT2D eigenvalue weighted by atomic mass is 32.2. The first-order chi connectivity index (χ1) is 6.74. The number of rotatable bonds is 1. The molecule has 0 aliphatic rings. The lowest BCUT2D eigenvalue weighted by Gasteiger charge is -1.92. The second-order valence-corrected chi connectivity index (χ2v) is 5.51. The molecule has 2 aromatic rings. The lowest BCUT2D eigenvalue weighted by Crippen LogP contribution is -1.83. The van der Waals surface area contributed by atoms with Gasteiger partial charge in [-0.1, -0.05) is 17.7 Å². The van der Waals surface area contributed by atoms with Crippen molar-refractivity contribution in [2.45, 2.75) is 13.8 Å². The highest BCUT2D eigenvalue weighted by molar-refractivity contribution is 7.26. The van der Waals surface area contributed by atoms with Gasteiger partial charge in [0.25, 0.3) is 0 Å². The molecule has 0 amide bonds. The van der Waals surface area contributed by atoms with Gasteiger partial charge in [-0.2, -0.15) is 0 Å². The maximum atomic E-state index is 4.54. The molecular formula is C11H11NS2. The van der Waals surface area contributed by atoms with Crippen molar-refractivity contribution in [3.05, 3.63) is 44.1 Å². The van der Waals surface area contributed by atoms with Crippen molar-refractivity contribution >= 4 is 28.4 Å². The molecule has 0 saturated heterocycles. The van der Waals surface area contributed by atoms with E-state index in [1.54, 1.807) is 22.7 Å². The molecule has 0 unspecified atom stereocenters. The predicted molar refractivity (Wildman–Crippen MR) is 63.3 cm³/mol. The van der Waals surface area contributed by atoms with Crippen molar-refractivity contribution in [2.24, 2.45) is 4.99 Å². The lowest BCUT2D eigenvalue weighted by atomic mass is 10.2. The summed E-state index contributed by atoms with van der Waals surface area (Å²) >= 11 is 3.44. The van der Waals surface area contributed by atoms with E-state index in [0.717, 1.165) is 9.67 Å². The van der Waals surface area contributed by atoms with Crippen LogP contribution in [0, 0.1) is 13.8 Å². The zero-order valence-electron chi connectivity index (χ0n) is 8.15. The van der Waals surface area contributed by atoms with Crippen LogP contribution < -0.4 is 3.98 Å². The maximum Gasteiger partial charge on any atom is 0.171 e. The number of benzene rings is 1. The summed E-state index contributed by atoms with van der Waals surface area (Å²) in [6, 6.07) is 8.28. The molecule has 1 aromatic carbocycles. The van der Waals surface area contributed by atoms with Crippen molar-refractivity contribution in [3.8, 4) is 0 Å². The van der Waals surface area contributed by atoms with Crippen LogP contribution in [0.4, 0.5) is 5.69 Å². The van der Waals surface area contributed by atoms with Crippen LogP contribution >= 0.6 is 22.7 Å². The number of hydrogen-bond acceptors (Lipinski definition) is 3. The highest BCUT2D eigenvalue weighted by Gasteiger charge is 1.91. The fourth-order valence-corrected chi connectivity index (χ4v) is 3.01. The molecule has 0 bridgehead atoms. The number of aryl methyl sites for hydroxylation is 2. The highest BCUT2D eigenvalue weighted by Crippen LogP contribution is 2.13. The fourth-order valence-electron chi connectivity index (χ4n) is 1.09. The second kappa shape index (κ2) is 4.07. The van der Waals surface area contributed by atoms with Crippen LogP contribution in [0.5, 0.6) is 0 Å². The summed E-state index contributed by atoms with van der Waals surface area (Å²) in [5.41, 5.74) is 2.31. The minimum Gasteiger partial charge on any atom is -0.228 e. The van der Waals surface area contributed by atoms with Gasteiger partial charge in [-0.3, -0.25) is 0 Å². The minimum atomic E-state index is 1.04. The van der Waals surface area contributed by atoms with E-state index in [9.17, 15) is 0 Å². The van der Waals surface area contributed by atoms with Crippen LogP contribution in [0.2, 0.25) is 0 Å². The Hall–Kier alpha value is -0.930. The van der Waals surface area contributed by atoms with E-state index in [4.69, 9.17) is 0 Å². The van der Waals surface area contributed by atoms with Crippen molar-refractivity contribution in [1.82, 2.24) is 0 Å². The molecule has 0 radical (unpaired) electrons. The van der Waals surface area contributed by atoms with Gasteiger partial charge in [-0.25, -0.2) is 4.99 Å². The quantitative estimate of drug-likeness (QED) is 0.697. The number of hydrogen-bond donors (Lipinski definition) is 0. The van der Waals surface area contributed by atoms with Gasteiger partial charge in [-0.05, 0) is 26.0 Å². The summed E-state index contributed by atoms with van der Waals surface area (Å²) in [4.78, 5) is 5.86. The van der Waals surface area contributed by atoms with Crippen LogP contribution in [0.1, 0.15) is 10.4 Å². The molecule has 0 fully saturated rings. The fraction of sp³-hybridized carbons (Fsp3) is 0.182.